The van der Waals surface area contributed by atoms with E-state index < -0.39 is 5.91 Å². The Bertz CT molecular complexity index is 460. The standard InChI is InChI=1S/C12H12N2O/c1-14-7-6-9(8-12(13)15)10-4-2-3-5-11(10)14/h2-8H,1H3,(H2,13,15)/b9-8+. The van der Waals surface area contributed by atoms with Crippen molar-refractivity contribution in [2.75, 3.05) is 11.9 Å². The fraction of sp³-hybridized carbons (Fsp3) is 0.0833. The number of nitrogens with zero attached hydrogens (tertiary/aromatic N) is 1. The van der Waals surface area contributed by atoms with Gasteiger partial charge in [-0.15, -0.1) is 0 Å². The third-order valence-electron chi connectivity index (χ3n) is 2.37. The van der Waals surface area contributed by atoms with E-state index in [0.717, 1.165) is 16.8 Å². The minimum absolute atomic E-state index is 0.422. The number of hydrogen-bond donors (Lipinski definition) is 1. The average molecular weight is 200 g/mol. The van der Waals surface area contributed by atoms with Gasteiger partial charge in [0.15, 0.2) is 0 Å². The number of para-hydroxylation sites is 1. The van der Waals surface area contributed by atoms with Gasteiger partial charge in [0.1, 0.15) is 0 Å². The van der Waals surface area contributed by atoms with Crippen LogP contribution in [0.5, 0.6) is 0 Å². The van der Waals surface area contributed by atoms with Gasteiger partial charge in [-0.1, -0.05) is 18.2 Å². The van der Waals surface area contributed by atoms with Crippen molar-refractivity contribution in [1.29, 1.82) is 0 Å². The number of anilines is 1. The first kappa shape index (κ1) is 9.52. The Morgan fingerprint density at radius 1 is 1.40 bits per heavy atom. The van der Waals surface area contributed by atoms with Gasteiger partial charge in [0.05, 0.1) is 0 Å². The van der Waals surface area contributed by atoms with E-state index in [1.807, 2.05) is 48.5 Å². The molecule has 1 aliphatic rings. The van der Waals surface area contributed by atoms with Crippen LogP contribution in [0.15, 0.2) is 42.6 Å². The first-order valence-electron chi connectivity index (χ1n) is 4.70. The Kier molecular flexibility index (Phi) is 2.29. The van der Waals surface area contributed by atoms with Crippen molar-refractivity contribution in [2.24, 2.45) is 5.73 Å². The summed E-state index contributed by atoms with van der Waals surface area (Å²) in [4.78, 5) is 12.9. The number of hydrogen-bond acceptors (Lipinski definition) is 2. The molecule has 0 atom stereocenters. The summed E-state index contributed by atoms with van der Waals surface area (Å²) in [6.45, 7) is 0. The SMILES string of the molecule is CN1C=C/C(=C\C(N)=O)c2ccccc21. The van der Waals surface area contributed by atoms with Gasteiger partial charge in [0.25, 0.3) is 0 Å². The van der Waals surface area contributed by atoms with Crippen LogP contribution in [0.2, 0.25) is 0 Å². The van der Waals surface area contributed by atoms with Crippen LogP contribution in [0.25, 0.3) is 5.57 Å². The highest BCUT2D eigenvalue weighted by Gasteiger charge is 2.12. The Hall–Kier alpha value is -2.03. The minimum Gasteiger partial charge on any atom is -0.366 e. The molecule has 0 aliphatic carbocycles. The van der Waals surface area contributed by atoms with Crippen LogP contribution in [0, 0.1) is 0 Å². The lowest BCUT2D eigenvalue weighted by molar-refractivity contribution is -0.113. The predicted molar refractivity (Wildman–Crippen MR) is 61.2 cm³/mol. The molecule has 1 aromatic rings. The smallest absolute Gasteiger partial charge is 0.242 e. The molecule has 0 saturated heterocycles. The van der Waals surface area contributed by atoms with Crippen molar-refractivity contribution in [2.45, 2.75) is 0 Å². The molecule has 3 heteroatoms. The van der Waals surface area contributed by atoms with E-state index in [9.17, 15) is 4.79 Å². The second kappa shape index (κ2) is 3.61. The van der Waals surface area contributed by atoms with Gasteiger partial charge in [-0.3, -0.25) is 4.79 Å². The molecular weight excluding hydrogens is 188 g/mol. The number of primary amides is 1. The van der Waals surface area contributed by atoms with Crippen molar-refractivity contribution in [3.8, 4) is 0 Å². The van der Waals surface area contributed by atoms with Gasteiger partial charge in [0, 0.05) is 30.6 Å². The monoisotopic (exact) mass is 200 g/mol. The number of carbonyl (C=O) groups excluding carboxylic acids is 1. The largest absolute Gasteiger partial charge is 0.366 e. The first-order chi connectivity index (χ1) is 7.18. The summed E-state index contributed by atoms with van der Waals surface area (Å²) in [6, 6.07) is 7.90. The third-order valence-corrected chi connectivity index (χ3v) is 2.37. The predicted octanol–water partition coefficient (Wildman–Crippen LogP) is 1.52. The number of carbonyl (C=O) groups is 1. The lowest BCUT2D eigenvalue weighted by atomic mass is 10.00. The average Bonchev–Trinajstić information content (AvgIpc) is 2.22. The molecule has 2 N–H and O–H groups in total. The molecule has 3 nitrogen and oxygen atoms in total. The van der Waals surface area contributed by atoms with Crippen LogP contribution >= 0.6 is 0 Å². The summed E-state index contributed by atoms with van der Waals surface area (Å²) in [5.74, 6) is -0.422. The van der Waals surface area contributed by atoms with E-state index in [-0.39, 0.29) is 0 Å². The van der Waals surface area contributed by atoms with Gasteiger partial charge in [-0.2, -0.15) is 0 Å². The molecule has 0 aromatic heterocycles. The van der Waals surface area contributed by atoms with Crippen LogP contribution in [0.3, 0.4) is 0 Å². The fourth-order valence-electron chi connectivity index (χ4n) is 1.67. The maximum Gasteiger partial charge on any atom is 0.242 e. The van der Waals surface area contributed by atoms with E-state index in [2.05, 4.69) is 0 Å². The minimum atomic E-state index is -0.422. The molecule has 0 unspecified atom stereocenters. The van der Waals surface area contributed by atoms with Crippen LogP contribution in [0.4, 0.5) is 5.69 Å². The van der Waals surface area contributed by atoms with Crippen LogP contribution < -0.4 is 10.6 Å². The van der Waals surface area contributed by atoms with E-state index in [1.54, 1.807) is 0 Å². The van der Waals surface area contributed by atoms with Gasteiger partial charge in [0.2, 0.25) is 5.91 Å². The fourth-order valence-corrected chi connectivity index (χ4v) is 1.67. The van der Waals surface area contributed by atoms with Gasteiger partial charge >= 0.3 is 0 Å². The van der Waals surface area contributed by atoms with Crippen molar-refractivity contribution in [3.63, 3.8) is 0 Å². The molecule has 76 valence electrons. The van der Waals surface area contributed by atoms with Crippen LogP contribution in [-0.2, 0) is 4.79 Å². The highest BCUT2D eigenvalue weighted by atomic mass is 16.1. The lowest BCUT2D eigenvalue weighted by Gasteiger charge is -2.23. The highest BCUT2D eigenvalue weighted by molar-refractivity contribution is 5.99. The lowest BCUT2D eigenvalue weighted by Crippen LogP contribution is -2.14. The number of rotatable bonds is 1. The molecule has 1 aliphatic heterocycles. The van der Waals surface area contributed by atoms with Crippen molar-refractivity contribution in [3.05, 3.63) is 48.2 Å². The zero-order valence-corrected chi connectivity index (χ0v) is 8.47. The Morgan fingerprint density at radius 3 is 2.87 bits per heavy atom. The molecule has 15 heavy (non-hydrogen) atoms. The molecule has 1 aromatic carbocycles. The molecule has 0 radical (unpaired) electrons. The van der Waals surface area contributed by atoms with Gasteiger partial charge in [-0.25, -0.2) is 0 Å². The molecule has 1 amide bonds. The zero-order chi connectivity index (χ0) is 10.8. The summed E-state index contributed by atoms with van der Waals surface area (Å²) in [7, 11) is 1.97. The van der Waals surface area contributed by atoms with E-state index in [0.29, 0.717) is 0 Å². The first-order valence-corrected chi connectivity index (χ1v) is 4.70. The van der Waals surface area contributed by atoms with E-state index in [1.165, 1.54) is 6.08 Å². The highest BCUT2D eigenvalue weighted by Crippen LogP contribution is 2.31. The van der Waals surface area contributed by atoms with Gasteiger partial charge < -0.3 is 10.6 Å². The summed E-state index contributed by atoms with van der Waals surface area (Å²) in [5.41, 5.74) is 8.12. The molecule has 0 bridgehead atoms. The van der Waals surface area contributed by atoms with Crippen molar-refractivity contribution < 1.29 is 4.79 Å². The molecular formula is C12H12N2O. The quantitative estimate of drug-likeness (QED) is 0.698. The zero-order valence-electron chi connectivity index (χ0n) is 8.47. The number of amides is 1. The summed E-state index contributed by atoms with van der Waals surface area (Å²) in [6.07, 6.45) is 5.24. The molecule has 0 fully saturated rings. The summed E-state index contributed by atoms with van der Waals surface area (Å²) >= 11 is 0. The number of allylic oxidation sites excluding steroid dienone is 2. The maximum atomic E-state index is 10.9. The van der Waals surface area contributed by atoms with Gasteiger partial charge in [-0.05, 0) is 17.7 Å². The van der Waals surface area contributed by atoms with Crippen molar-refractivity contribution in [1.82, 2.24) is 0 Å². The number of benzene rings is 1. The topological polar surface area (TPSA) is 46.3 Å². The third kappa shape index (κ3) is 1.76. The number of fused-ring (bicyclic) bond motifs is 1. The van der Waals surface area contributed by atoms with Crippen LogP contribution in [-0.4, -0.2) is 13.0 Å². The number of nitrogens with two attached hydrogens (primary N) is 1. The Labute approximate surface area is 88.5 Å². The van der Waals surface area contributed by atoms with E-state index >= 15 is 0 Å². The second-order valence-corrected chi connectivity index (χ2v) is 3.45. The second-order valence-electron chi connectivity index (χ2n) is 3.45. The maximum absolute atomic E-state index is 10.9. The normalized spacial score (nSPS) is 16.6. The molecule has 2 rings (SSSR count). The summed E-state index contributed by atoms with van der Waals surface area (Å²) in [5, 5.41) is 0. The Balaban J connectivity index is 2.55. The van der Waals surface area contributed by atoms with Crippen LogP contribution in [0.1, 0.15) is 5.56 Å². The molecule has 0 saturated carbocycles. The summed E-state index contributed by atoms with van der Waals surface area (Å²) < 4.78 is 0. The van der Waals surface area contributed by atoms with Crippen molar-refractivity contribution >= 4 is 17.2 Å². The molecule has 0 spiro atoms. The Morgan fingerprint density at radius 2 is 2.13 bits per heavy atom. The molecule has 1 heterocycles. The van der Waals surface area contributed by atoms with E-state index in [4.69, 9.17) is 5.73 Å².